The number of thioether (sulfide) groups is 1. The van der Waals surface area contributed by atoms with E-state index in [2.05, 4.69) is 17.2 Å². The largest absolute Gasteiger partial charge is 0.324 e. The minimum atomic E-state index is -0.0580. The number of rotatable bonds is 0. The maximum absolute atomic E-state index is 12.1. The molecular formula is C12H12N2OS. The molecule has 16 heavy (non-hydrogen) atoms. The first-order valence-corrected chi connectivity index (χ1v) is 6.39. The van der Waals surface area contributed by atoms with Gasteiger partial charge >= 0.3 is 0 Å². The SMILES string of the molecule is CC1SCC2=Nc3ccccc3NC(=O)C21. The number of hydrogen-bond acceptors (Lipinski definition) is 3. The predicted octanol–water partition coefficient (Wildman–Crippen LogP) is 2.46. The number of amides is 1. The molecule has 0 saturated carbocycles. The van der Waals surface area contributed by atoms with Crippen LogP contribution in [0.3, 0.4) is 0 Å². The summed E-state index contributed by atoms with van der Waals surface area (Å²) in [5.41, 5.74) is 2.72. The molecule has 0 radical (unpaired) electrons. The van der Waals surface area contributed by atoms with Gasteiger partial charge in [0.1, 0.15) is 0 Å². The first-order valence-electron chi connectivity index (χ1n) is 5.34. The van der Waals surface area contributed by atoms with Crippen LogP contribution in [0.5, 0.6) is 0 Å². The number of carbonyl (C=O) groups excluding carboxylic acids is 1. The Balaban J connectivity index is 2.12. The average Bonchev–Trinajstić information content (AvgIpc) is 2.56. The zero-order valence-electron chi connectivity index (χ0n) is 8.93. The number of para-hydroxylation sites is 2. The lowest BCUT2D eigenvalue weighted by Gasteiger charge is -2.12. The number of carbonyl (C=O) groups is 1. The summed E-state index contributed by atoms with van der Waals surface area (Å²) >= 11 is 1.80. The molecule has 1 N–H and O–H groups in total. The fourth-order valence-corrected chi connectivity index (χ4v) is 3.33. The van der Waals surface area contributed by atoms with Gasteiger partial charge in [-0.1, -0.05) is 19.1 Å². The lowest BCUT2D eigenvalue weighted by Crippen LogP contribution is -2.30. The van der Waals surface area contributed by atoms with Crippen LogP contribution in [0, 0.1) is 5.92 Å². The molecule has 3 rings (SSSR count). The molecule has 1 aromatic rings. The number of fused-ring (bicyclic) bond motifs is 2. The van der Waals surface area contributed by atoms with E-state index in [1.54, 1.807) is 11.8 Å². The zero-order chi connectivity index (χ0) is 11.1. The van der Waals surface area contributed by atoms with Crippen LogP contribution >= 0.6 is 11.8 Å². The van der Waals surface area contributed by atoms with Gasteiger partial charge in [0.05, 0.1) is 17.3 Å². The molecule has 82 valence electrons. The molecule has 1 saturated heterocycles. The molecule has 1 aromatic carbocycles. The molecule has 2 heterocycles. The molecule has 2 aliphatic rings. The second kappa shape index (κ2) is 3.63. The molecule has 2 atom stereocenters. The van der Waals surface area contributed by atoms with Gasteiger partial charge < -0.3 is 5.32 Å². The Labute approximate surface area is 98.3 Å². The molecule has 2 aliphatic heterocycles. The third-order valence-electron chi connectivity index (χ3n) is 3.03. The molecule has 3 nitrogen and oxygen atoms in total. The maximum atomic E-state index is 12.1. The predicted molar refractivity (Wildman–Crippen MR) is 67.6 cm³/mol. The summed E-state index contributed by atoms with van der Waals surface area (Å²) in [6, 6.07) is 7.70. The summed E-state index contributed by atoms with van der Waals surface area (Å²) in [5.74, 6) is 0.895. The molecule has 0 aliphatic carbocycles. The lowest BCUT2D eigenvalue weighted by atomic mass is 10.0. The summed E-state index contributed by atoms with van der Waals surface area (Å²) < 4.78 is 0. The van der Waals surface area contributed by atoms with Gasteiger partial charge in [-0.05, 0) is 12.1 Å². The maximum Gasteiger partial charge on any atom is 0.234 e. The molecule has 0 bridgehead atoms. The van der Waals surface area contributed by atoms with Crippen LogP contribution in [0.4, 0.5) is 11.4 Å². The first-order chi connectivity index (χ1) is 7.75. The van der Waals surface area contributed by atoms with Gasteiger partial charge in [-0.15, -0.1) is 0 Å². The Morgan fingerprint density at radius 3 is 3.12 bits per heavy atom. The van der Waals surface area contributed by atoms with E-state index in [0.29, 0.717) is 5.25 Å². The number of hydrogen-bond donors (Lipinski definition) is 1. The Hall–Kier alpha value is -1.29. The van der Waals surface area contributed by atoms with Crippen molar-refractivity contribution in [1.29, 1.82) is 0 Å². The van der Waals surface area contributed by atoms with E-state index < -0.39 is 0 Å². The Morgan fingerprint density at radius 1 is 1.44 bits per heavy atom. The second-order valence-electron chi connectivity index (χ2n) is 4.10. The van der Waals surface area contributed by atoms with E-state index in [0.717, 1.165) is 22.8 Å². The molecule has 2 unspecified atom stereocenters. The van der Waals surface area contributed by atoms with Crippen molar-refractivity contribution in [3.8, 4) is 0 Å². The summed E-state index contributed by atoms with van der Waals surface area (Å²) in [7, 11) is 0. The molecule has 4 heteroatoms. The number of nitrogens with zero attached hydrogens (tertiary/aromatic N) is 1. The standard InChI is InChI=1S/C12H12N2OS/c1-7-11-10(6-16-7)13-8-4-2-3-5-9(8)14-12(11)15/h2-5,7,11H,6H2,1H3,(H,14,15). The van der Waals surface area contributed by atoms with E-state index in [1.807, 2.05) is 24.3 Å². The van der Waals surface area contributed by atoms with Crippen molar-refractivity contribution in [2.75, 3.05) is 11.1 Å². The third kappa shape index (κ3) is 1.45. The van der Waals surface area contributed by atoms with Gasteiger partial charge in [0.2, 0.25) is 5.91 Å². The smallest absolute Gasteiger partial charge is 0.234 e. The van der Waals surface area contributed by atoms with Crippen LogP contribution in [-0.2, 0) is 4.79 Å². The van der Waals surface area contributed by atoms with Crippen LogP contribution < -0.4 is 5.32 Å². The summed E-state index contributed by atoms with van der Waals surface area (Å²) in [6.07, 6.45) is 0. The Kier molecular flexibility index (Phi) is 2.24. The van der Waals surface area contributed by atoms with Crippen molar-refractivity contribution in [3.05, 3.63) is 24.3 Å². The van der Waals surface area contributed by atoms with Crippen molar-refractivity contribution in [2.24, 2.45) is 10.9 Å². The normalized spacial score (nSPS) is 27.6. The van der Waals surface area contributed by atoms with Crippen LogP contribution in [0.25, 0.3) is 0 Å². The zero-order valence-corrected chi connectivity index (χ0v) is 9.75. The van der Waals surface area contributed by atoms with E-state index in [1.165, 1.54) is 0 Å². The number of nitrogens with one attached hydrogen (secondary N) is 1. The molecule has 1 fully saturated rings. The highest BCUT2D eigenvalue weighted by Crippen LogP contribution is 2.37. The van der Waals surface area contributed by atoms with Gasteiger partial charge in [0.25, 0.3) is 0 Å². The summed E-state index contributed by atoms with van der Waals surface area (Å²) in [6.45, 7) is 2.09. The van der Waals surface area contributed by atoms with Gasteiger partial charge in [0, 0.05) is 16.7 Å². The van der Waals surface area contributed by atoms with Crippen molar-refractivity contribution >= 4 is 34.8 Å². The second-order valence-corrected chi connectivity index (χ2v) is 5.47. The van der Waals surface area contributed by atoms with Gasteiger partial charge in [-0.2, -0.15) is 11.8 Å². The van der Waals surface area contributed by atoms with Crippen LogP contribution in [0.2, 0.25) is 0 Å². The molecule has 1 amide bonds. The van der Waals surface area contributed by atoms with Crippen molar-refractivity contribution in [2.45, 2.75) is 12.2 Å². The van der Waals surface area contributed by atoms with Crippen molar-refractivity contribution < 1.29 is 4.79 Å². The minimum Gasteiger partial charge on any atom is -0.324 e. The first kappa shape index (κ1) is 9.90. The average molecular weight is 232 g/mol. The number of aliphatic imine (C=N–C) groups is 1. The van der Waals surface area contributed by atoms with E-state index >= 15 is 0 Å². The van der Waals surface area contributed by atoms with E-state index in [4.69, 9.17) is 0 Å². The lowest BCUT2D eigenvalue weighted by molar-refractivity contribution is -0.117. The molecular weight excluding hydrogens is 220 g/mol. The summed E-state index contributed by atoms with van der Waals surface area (Å²) in [5, 5.41) is 3.28. The van der Waals surface area contributed by atoms with E-state index in [-0.39, 0.29) is 11.8 Å². The van der Waals surface area contributed by atoms with Crippen LogP contribution in [-0.4, -0.2) is 22.6 Å². The monoisotopic (exact) mass is 232 g/mol. The van der Waals surface area contributed by atoms with Crippen LogP contribution in [0.1, 0.15) is 6.92 Å². The Bertz CT molecular complexity index is 484. The number of benzene rings is 1. The highest BCUT2D eigenvalue weighted by Gasteiger charge is 2.37. The highest BCUT2D eigenvalue weighted by molar-refractivity contribution is 8.01. The van der Waals surface area contributed by atoms with E-state index in [9.17, 15) is 4.79 Å². The fraction of sp³-hybridized carbons (Fsp3) is 0.333. The van der Waals surface area contributed by atoms with Gasteiger partial charge in [-0.3, -0.25) is 9.79 Å². The number of anilines is 1. The van der Waals surface area contributed by atoms with Crippen molar-refractivity contribution in [3.63, 3.8) is 0 Å². The summed E-state index contributed by atoms with van der Waals surface area (Å²) in [4.78, 5) is 16.7. The van der Waals surface area contributed by atoms with Crippen molar-refractivity contribution in [1.82, 2.24) is 0 Å². The van der Waals surface area contributed by atoms with Gasteiger partial charge in [-0.25, -0.2) is 0 Å². The topological polar surface area (TPSA) is 41.5 Å². The fourth-order valence-electron chi connectivity index (χ4n) is 2.18. The van der Waals surface area contributed by atoms with Crippen LogP contribution in [0.15, 0.2) is 29.3 Å². The Morgan fingerprint density at radius 2 is 2.25 bits per heavy atom. The minimum absolute atomic E-state index is 0.0580. The quantitative estimate of drug-likeness (QED) is 0.746. The molecule has 0 spiro atoms. The third-order valence-corrected chi connectivity index (χ3v) is 4.29. The highest BCUT2D eigenvalue weighted by atomic mass is 32.2. The molecule has 0 aromatic heterocycles. The van der Waals surface area contributed by atoms with Gasteiger partial charge in [0.15, 0.2) is 0 Å².